The number of hydrogen-bond donors (Lipinski definition) is 4. The molecule has 212 valence electrons. The monoisotopic (exact) mass is 561 g/mol. The van der Waals surface area contributed by atoms with E-state index in [1.807, 2.05) is 31.2 Å². The minimum atomic E-state index is -4.86. The minimum absolute atomic E-state index is 0.0196. The Balaban J connectivity index is 1.49. The maximum Gasteiger partial charge on any atom is 0.573 e. The predicted octanol–water partition coefficient (Wildman–Crippen LogP) is 5.40. The third-order valence-corrected chi connectivity index (χ3v) is 6.31. The van der Waals surface area contributed by atoms with Gasteiger partial charge in [0.2, 0.25) is 0 Å². The SMILES string of the molecule is CCc1cccc(CNC[C@@H](O)[C@H](Cc2cc(F)cc(F)c2)NC(=O)c2cc3cc(OC(F)(F)F)ccc3[nH]2)c1. The third kappa shape index (κ3) is 8.03. The van der Waals surface area contributed by atoms with Crippen LogP contribution >= 0.6 is 0 Å². The van der Waals surface area contributed by atoms with Crippen LogP contribution in [0.15, 0.2) is 66.7 Å². The molecule has 0 aliphatic carbocycles. The normalized spacial score (nSPS) is 13.3. The number of H-pyrrole nitrogens is 1. The van der Waals surface area contributed by atoms with Crippen molar-refractivity contribution in [2.45, 2.75) is 44.8 Å². The Kier molecular flexibility index (Phi) is 9.06. The van der Waals surface area contributed by atoms with Crippen LogP contribution in [-0.2, 0) is 19.4 Å². The lowest BCUT2D eigenvalue weighted by Crippen LogP contribution is -2.48. The van der Waals surface area contributed by atoms with Gasteiger partial charge in [0.25, 0.3) is 5.91 Å². The number of aromatic amines is 1. The zero-order valence-corrected chi connectivity index (χ0v) is 21.5. The summed E-state index contributed by atoms with van der Waals surface area (Å²) in [7, 11) is 0. The van der Waals surface area contributed by atoms with E-state index >= 15 is 0 Å². The second-order valence-electron chi connectivity index (χ2n) is 9.41. The van der Waals surface area contributed by atoms with E-state index in [0.717, 1.165) is 47.9 Å². The van der Waals surface area contributed by atoms with Crippen molar-refractivity contribution in [1.29, 1.82) is 0 Å². The molecule has 0 saturated heterocycles. The molecule has 1 amide bonds. The van der Waals surface area contributed by atoms with Crippen molar-refractivity contribution in [2.75, 3.05) is 6.54 Å². The lowest BCUT2D eigenvalue weighted by Gasteiger charge is -2.25. The van der Waals surface area contributed by atoms with Gasteiger partial charge in [-0.3, -0.25) is 4.79 Å². The summed E-state index contributed by atoms with van der Waals surface area (Å²) in [6, 6.07) is 14.8. The predicted molar refractivity (Wildman–Crippen MR) is 140 cm³/mol. The Morgan fingerprint density at radius 1 is 0.975 bits per heavy atom. The first-order chi connectivity index (χ1) is 19.0. The smallest absolute Gasteiger partial charge is 0.406 e. The molecule has 2 atom stereocenters. The van der Waals surface area contributed by atoms with Crippen LogP contribution in [0.4, 0.5) is 22.0 Å². The van der Waals surface area contributed by atoms with Gasteiger partial charge in [0.1, 0.15) is 23.1 Å². The van der Waals surface area contributed by atoms with E-state index in [0.29, 0.717) is 17.4 Å². The van der Waals surface area contributed by atoms with Crippen molar-refractivity contribution >= 4 is 16.8 Å². The molecule has 0 saturated carbocycles. The summed E-state index contributed by atoms with van der Waals surface area (Å²) in [5.41, 5.74) is 2.80. The number of fused-ring (bicyclic) bond motifs is 1. The van der Waals surface area contributed by atoms with E-state index in [2.05, 4.69) is 20.4 Å². The van der Waals surface area contributed by atoms with Crippen molar-refractivity contribution in [2.24, 2.45) is 0 Å². The third-order valence-electron chi connectivity index (χ3n) is 6.31. The molecule has 0 radical (unpaired) electrons. The summed E-state index contributed by atoms with van der Waals surface area (Å²) < 4.78 is 69.3. The van der Waals surface area contributed by atoms with Crippen molar-refractivity contribution in [3.8, 4) is 5.75 Å². The fourth-order valence-electron chi connectivity index (χ4n) is 4.41. The number of ether oxygens (including phenoxy) is 1. The standard InChI is InChI=1S/C29H28F5N3O3/c1-2-17-4-3-5-18(8-17)15-35-16-27(38)25(11-19-9-21(30)14-22(31)10-19)37-28(39)26-13-20-12-23(40-29(32,33)34)6-7-24(20)36-26/h3-10,12-14,25,27,35-36,38H,2,11,15-16H2,1H3,(H,37,39)/t25-,27+/m0/s1. The van der Waals surface area contributed by atoms with Crippen LogP contribution in [0.3, 0.4) is 0 Å². The Labute approximate surface area is 227 Å². The van der Waals surface area contributed by atoms with Crippen LogP contribution < -0.4 is 15.4 Å². The van der Waals surface area contributed by atoms with Crippen LogP contribution in [0.5, 0.6) is 5.75 Å². The molecule has 0 bridgehead atoms. The molecule has 4 aromatic rings. The Morgan fingerprint density at radius 3 is 2.40 bits per heavy atom. The van der Waals surface area contributed by atoms with E-state index in [1.165, 1.54) is 12.1 Å². The molecular formula is C29H28F5N3O3. The second-order valence-corrected chi connectivity index (χ2v) is 9.41. The number of aliphatic hydroxyl groups is 1. The molecular weight excluding hydrogens is 533 g/mol. The van der Waals surface area contributed by atoms with Gasteiger partial charge < -0.3 is 25.5 Å². The second kappa shape index (κ2) is 12.5. The van der Waals surface area contributed by atoms with Gasteiger partial charge >= 0.3 is 6.36 Å². The number of alkyl halides is 3. The quantitative estimate of drug-likeness (QED) is 0.185. The highest BCUT2D eigenvalue weighted by Crippen LogP contribution is 2.27. The minimum Gasteiger partial charge on any atom is -0.406 e. The van der Waals surface area contributed by atoms with Crippen LogP contribution in [-0.4, -0.2) is 41.1 Å². The molecule has 40 heavy (non-hydrogen) atoms. The Bertz CT molecular complexity index is 1450. The highest BCUT2D eigenvalue weighted by molar-refractivity contribution is 5.98. The van der Waals surface area contributed by atoms with Gasteiger partial charge in [-0.15, -0.1) is 13.2 Å². The first kappa shape index (κ1) is 29.0. The zero-order valence-electron chi connectivity index (χ0n) is 21.5. The number of hydrogen-bond acceptors (Lipinski definition) is 4. The average Bonchev–Trinajstić information content (AvgIpc) is 3.30. The van der Waals surface area contributed by atoms with E-state index in [9.17, 15) is 31.9 Å². The summed E-state index contributed by atoms with van der Waals surface area (Å²) in [5, 5.41) is 17.1. The first-order valence-corrected chi connectivity index (χ1v) is 12.6. The maximum absolute atomic E-state index is 13.8. The molecule has 0 aliphatic heterocycles. The number of rotatable bonds is 11. The Morgan fingerprint density at radius 2 is 1.70 bits per heavy atom. The number of nitrogens with one attached hydrogen (secondary N) is 3. The van der Waals surface area contributed by atoms with Gasteiger partial charge in [-0.2, -0.15) is 0 Å². The number of halogens is 5. The van der Waals surface area contributed by atoms with E-state index in [-0.39, 0.29) is 24.2 Å². The fraction of sp³-hybridized carbons (Fsp3) is 0.276. The highest BCUT2D eigenvalue weighted by atomic mass is 19.4. The number of benzene rings is 3. The summed E-state index contributed by atoms with van der Waals surface area (Å²) in [4.78, 5) is 15.9. The van der Waals surface area contributed by atoms with Crippen LogP contribution in [0.2, 0.25) is 0 Å². The molecule has 11 heteroatoms. The number of aryl methyl sites for hydroxylation is 1. The number of amides is 1. The van der Waals surface area contributed by atoms with Crippen molar-refractivity contribution in [1.82, 2.24) is 15.6 Å². The molecule has 4 rings (SSSR count). The molecule has 0 unspecified atom stereocenters. The van der Waals surface area contributed by atoms with Crippen molar-refractivity contribution in [3.05, 3.63) is 101 Å². The zero-order chi connectivity index (χ0) is 28.9. The topological polar surface area (TPSA) is 86.4 Å². The summed E-state index contributed by atoms with van der Waals surface area (Å²) >= 11 is 0. The van der Waals surface area contributed by atoms with Crippen LogP contribution in [0.1, 0.15) is 34.1 Å². The molecule has 0 fully saturated rings. The number of aliphatic hydroxyl groups excluding tert-OH is 1. The van der Waals surface area contributed by atoms with Gasteiger partial charge in [0, 0.05) is 30.1 Å². The molecule has 4 N–H and O–H groups in total. The largest absolute Gasteiger partial charge is 0.573 e. The summed E-state index contributed by atoms with van der Waals surface area (Å²) in [6.45, 7) is 2.55. The van der Waals surface area contributed by atoms with Crippen LogP contribution in [0.25, 0.3) is 10.9 Å². The molecule has 0 aliphatic rings. The van der Waals surface area contributed by atoms with Gasteiger partial charge in [0.15, 0.2) is 0 Å². The molecule has 6 nitrogen and oxygen atoms in total. The Hall–Kier alpha value is -3.96. The lowest BCUT2D eigenvalue weighted by atomic mass is 10.00. The average molecular weight is 562 g/mol. The number of aromatic nitrogens is 1. The summed E-state index contributed by atoms with van der Waals surface area (Å²) in [6.07, 6.45) is -5.23. The van der Waals surface area contributed by atoms with Gasteiger partial charge in [-0.1, -0.05) is 31.2 Å². The van der Waals surface area contributed by atoms with Gasteiger partial charge in [-0.25, -0.2) is 8.78 Å². The van der Waals surface area contributed by atoms with E-state index in [1.54, 1.807) is 0 Å². The number of carbonyl (C=O) groups excluding carboxylic acids is 1. The molecule has 0 spiro atoms. The van der Waals surface area contributed by atoms with Crippen molar-refractivity contribution < 1.29 is 36.6 Å². The summed E-state index contributed by atoms with van der Waals surface area (Å²) in [5.74, 6) is -2.69. The van der Waals surface area contributed by atoms with Gasteiger partial charge in [0.05, 0.1) is 12.1 Å². The van der Waals surface area contributed by atoms with E-state index in [4.69, 9.17) is 0 Å². The molecule has 3 aromatic carbocycles. The van der Waals surface area contributed by atoms with Gasteiger partial charge in [-0.05, 0) is 65.9 Å². The first-order valence-electron chi connectivity index (χ1n) is 12.6. The van der Waals surface area contributed by atoms with Crippen molar-refractivity contribution in [3.63, 3.8) is 0 Å². The fourth-order valence-corrected chi connectivity index (χ4v) is 4.41. The molecule has 1 aromatic heterocycles. The lowest BCUT2D eigenvalue weighted by molar-refractivity contribution is -0.274. The highest BCUT2D eigenvalue weighted by Gasteiger charge is 2.31. The van der Waals surface area contributed by atoms with Crippen LogP contribution in [0, 0.1) is 11.6 Å². The van der Waals surface area contributed by atoms with E-state index < -0.39 is 41.8 Å². The molecule has 1 heterocycles. The maximum atomic E-state index is 13.8. The number of carbonyl (C=O) groups is 1.